The standard InChI is InChI=1S/C34H61NO3SSi2/c1-13-28-21-20-24-31(38-41(14-2,15-3)16-4)30(27(5)6)26-33(32(25-28)37-40(11,12)34(7,8)9)39(36,35-10)29-22-18-17-19-23-29/h17-20,22-24,26-28,30-32H,13-16,21,25H2,1-12H3/b24-20+,33-26+/t28-,30+,31+,32?,39?/m1/s1. The first-order chi connectivity index (χ1) is 19.1. The Morgan fingerprint density at radius 2 is 1.59 bits per heavy atom. The minimum absolute atomic E-state index is 0.0314. The van der Waals surface area contributed by atoms with E-state index in [-0.39, 0.29) is 23.2 Å². The van der Waals surface area contributed by atoms with Crippen molar-refractivity contribution in [2.45, 2.75) is 135 Å². The van der Waals surface area contributed by atoms with Crippen molar-refractivity contribution in [2.75, 3.05) is 7.05 Å². The first-order valence-electron chi connectivity index (χ1n) is 16.1. The minimum Gasteiger partial charge on any atom is -0.410 e. The van der Waals surface area contributed by atoms with Gasteiger partial charge >= 0.3 is 0 Å². The van der Waals surface area contributed by atoms with Crippen LogP contribution in [0.4, 0.5) is 0 Å². The Kier molecular flexibility index (Phi) is 13.4. The number of benzene rings is 1. The topological polar surface area (TPSA) is 47.9 Å². The van der Waals surface area contributed by atoms with Gasteiger partial charge in [-0.15, -0.1) is 0 Å². The molecule has 0 amide bonds. The van der Waals surface area contributed by atoms with Gasteiger partial charge in [0.05, 0.1) is 22.0 Å². The van der Waals surface area contributed by atoms with Crippen molar-refractivity contribution in [1.82, 2.24) is 0 Å². The van der Waals surface area contributed by atoms with Crippen molar-refractivity contribution in [1.29, 1.82) is 0 Å². The fraction of sp³-hybridized carbons (Fsp3) is 0.706. The minimum atomic E-state index is -2.91. The molecule has 0 saturated heterocycles. The lowest BCUT2D eigenvalue weighted by atomic mass is 9.86. The molecule has 1 aromatic carbocycles. The molecule has 5 atom stereocenters. The summed E-state index contributed by atoms with van der Waals surface area (Å²) in [7, 11) is -5.30. The summed E-state index contributed by atoms with van der Waals surface area (Å²) in [4.78, 5) is 1.62. The SMILES string of the molecule is CC[C@@H]1C/C=C/[C@H](O[Si](CC)(CC)CC)[C@H](C(C)C)/C=C(/S(=O)(=NC)c2ccccc2)C(O[Si](C)(C)C(C)(C)C)C1. The van der Waals surface area contributed by atoms with E-state index < -0.39 is 26.4 Å². The summed E-state index contributed by atoms with van der Waals surface area (Å²) in [5.41, 5.74) is 0. The van der Waals surface area contributed by atoms with E-state index in [9.17, 15) is 0 Å². The van der Waals surface area contributed by atoms with E-state index in [1.54, 1.807) is 7.05 Å². The van der Waals surface area contributed by atoms with E-state index in [2.05, 4.69) is 93.6 Å². The Balaban J connectivity index is 2.94. The number of hydrogen-bond acceptors (Lipinski definition) is 4. The number of hydrogen-bond donors (Lipinski definition) is 0. The molecule has 0 aliphatic heterocycles. The normalized spacial score (nSPS) is 26.6. The molecule has 1 aliphatic rings. The predicted octanol–water partition coefficient (Wildman–Crippen LogP) is 10.5. The summed E-state index contributed by atoms with van der Waals surface area (Å²) in [6, 6.07) is 13.2. The van der Waals surface area contributed by atoms with Crippen LogP contribution >= 0.6 is 0 Å². The molecule has 234 valence electrons. The highest BCUT2D eigenvalue weighted by molar-refractivity contribution is 7.97. The quantitative estimate of drug-likeness (QED) is 0.183. The van der Waals surface area contributed by atoms with E-state index >= 15 is 4.21 Å². The van der Waals surface area contributed by atoms with E-state index in [0.717, 1.165) is 47.2 Å². The van der Waals surface area contributed by atoms with Gasteiger partial charge in [-0.25, -0.2) is 8.57 Å². The number of nitrogens with zero attached hydrogens (tertiary/aromatic N) is 1. The average Bonchev–Trinajstić information content (AvgIpc) is 2.94. The molecule has 7 heteroatoms. The average molecular weight is 620 g/mol. The highest BCUT2D eigenvalue weighted by Gasteiger charge is 2.43. The zero-order valence-electron chi connectivity index (χ0n) is 28.3. The molecule has 0 aromatic heterocycles. The van der Waals surface area contributed by atoms with Gasteiger partial charge in [0.1, 0.15) is 9.73 Å². The van der Waals surface area contributed by atoms with E-state index in [1.807, 2.05) is 30.3 Å². The number of allylic oxidation sites excluding steroid dienone is 1. The molecule has 1 aromatic rings. The van der Waals surface area contributed by atoms with E-state index in [0.29, 0.717) is 11.8 Å². The summed E-state index contributed by atoms with van der Waals surface area (Å²) in [6.07, 6.45) is 9.54. The smallest absolute Gasteiger partial charge is 0.192 e. The largest absolute Gasteiger partial charge is 0.410 e. The second-order valence-corrected chi connectivity index (χ2v) is 25.6. The van der Waals surface area contributed by atoms with Gasteiger partial charge in [-0.3, -0.25) is 0 Å². The van der Waals surface area contributed by atoms with Crippen LogP contribution in [0, 0.1) is 17.8 Å². The van der Waals surface area contributed by atoms with Crippen LogP contribution in [-0.4, -0.2) is 40.1 Å². The Morgan fingerprint density at radius 3 is 2.05 bits per heavy atom. The number of rotatable bonds is 11. The Bertz CT molecular complexity index is 1120. The molecule has 0 N–H and O–H groups in total. The van der Waals surface area contributed by atoms with Crippen LogP contribution in [0.25, 0.3) is 0 Å². The zero-order chi connectivity index (χ0) is 31.1. The van der Waals surface area contributed by atoms with Gasteiger partial charge in [0.2, 0.25) is 0 Å². The van der Waals surface area contributed by atoms with Gasteiger partial charge in [0.25, 0.3) is 0 Å². The Labute approximate surface area is 256 Å². The van der Waals surface area contributed by atoms with Crippen LogP contribution < -0.4 is 0 Å². The van der Waals surface area contributed by atoms with Crippen LogP contribution in [-0.2, 0) is 18.6 Å². The van der Waals surface area contributed by atoms with Crippen molar-refractivity contribution >= 4 is 26.4 Å². The molecule has 2 rings (SSSR count). The molecule has 0 spiro atoms. The summed E-state index contributed by atoms with van der Waals surface area (Å²) < 4.78 is 34.6. The Morgan fingerprint density at radius 1 is 1.00 bits per heavy atom. The van der Waals surface area contributed by atoms with Crippen molar-refractivity contribution in [2.24, 2.45) is 22.1 Å². The maximum atomic E-state index is 15.3. The van der Waals surface area contributed by atoms with Gasteiger partial charge in [-0.2, -0.15) is 0 Å². The maximum Gasteiger partial charge on any atom is 0.192 e. The highest BCUT2D eigenvalue weighted by Crippen LogP contribution is 2.42. The fourth-order valence-electron chi connectivity index (χ4n) is 5.61. The molecular formula is C34H61NO3SSi2. The molecule has 41 heavy (non-hydrogen) atoms. The van der Waals surface area contributed by atoms with Crippen molar-refractivity contribution in [3.63, 3.8) is 0 Å². The molecule has 4 nitrogen and oxygen atoms in total. The summed E-state index contributed by atoms with van der Waals surface area (Å²) >= 11 is 0. The molecule has 0 saturated carbocycles. The second-order valence-electron chi connectivity index (χ2n) is 13.8. The molecule has 0 radical (unpaired) electrons. The molecule has 0 fully saturated rings. The molecule has 2 unspecified atom stereocenters. The highest BCUT2D eigenvalue weighted by atomic mass is 32.2. The second kappa shape index (κ2) is 15.1. The molecule has 1 aliphatic carbocycles. The van der Waals surface area contributed by atoms with Gasteiger partial charge in [0.15, 0.2) is 16.6 Å². The lowest BCUT2D eigenvalue weighted by Gasteiger charge is -2.42. The van der Waals surface area contributed by atoms with Gasteiger partial charge in [-0.1, -0.05) is 105 Å². The van der Waals surface area contributed by atoms with Crippen LogP contribution in [0.1, 0.15) is 81.6 Å². The van der Waals surface area contributed by atoms with Gasteiger partial charge in [0, 0.05) is 13.0 Å². The third-order valence-electron chi connectivity index (χ3n) is 9.94. The fourth-order valence-corrected chi connectivity index (χ4v) is 11.9. The lowest BCUT2D eigenvalue weighted by Crippen LogP contribution is -2.46. The summed E-state index contributed by atoms with van der Waals surface area (Å²) in [5, 5.41) is 0.0314. The first kappa shape index (κ1) is 36.2. The predicted molar refractivity (Wildman–Crippen MR) is 184 cm³/mol. The molecule has 0 heterocycles. The van der Waals surface area contributed by atoms with Crippen LogP contribution in [0.3, 0.4) is 0 Å². The van der Waals surface area contributed by atoms with Crippen LogP contribution in [0.2, 0.25) is 36.3 Å². The van der Waals surface area contributed by atoms with Crippen molar-refractivity contribution in [3.05, 3.63) is 53.5 Å². The zero-order valence-corrected chi connectivity index (χ0v) is 31.1. The van der Waals surface area contributed by atoms with Gasteiger partial charge < -0.3 is 8.85 Å². The first-order valence-corrected chi connectivity index (χ1v) is 23.0. The van der Waals surface area contributed by atoms with Crippen LogP contribution in [0.15, 0.2) is 62.7 Å². The maximum absolute atomic E-state index is 15.3. The molecule has 0 bridgehead atoms. The van der Waals surface area contributed by atoms with Crippen molar-refractivity contribution in [3.8, 4) is 0 Å². The lowest BCUT2D eigenvalue weighted by molar-refractivity contribution is 0.154. The summed E-state index contributed by atoms with van der Waals surface area (Å²) in [5.74, 6) is 0.776. The Hall–Kier alpha value is -0.996. The van der Waals surface area contributed by atoms with E-state index in [1.165, 1.54) is 0 Å². The summed E-state index contributed by atoms with van der Waals surface area (Å²) in [6.45, 7) is 25.2. The monoisotopic (exact) mass is 619 g/mol. The third kappa shape index (κ3) is 8.78. The van der Waals surface area contributed by atoms with E-state index in [4.69, 9.17) is 13.2 Å². The van der Waals surface area contributed by atoms with Crippen LogP contribution in [0.5, 0.6) is 0 Å². The van der Waals surface area contributed by atoms with Crippen molar-refractivity contribution < 1.29 is 13.1 Å². The molecular weight excluding hydrogens is 559 g/mol. The van der Waals surface area contributed by atoms with Gasteiger partial charge in [-0.05, 0) is 73.1 Å². The third-order valence-corrected chi connectivity index (χ3v) is 21.5.